The molecule has 2 heterocycles. The summed E-state index contributed by atoms with van der Waals surface area (Å²) in [5.41, 5.74) is 1.94. The van der Waals surface area contributed by atoms with Crippen LogP contribution in [0.5, 0.6) is 0 Å². The fourth-order valence-corrected chi connectivity index (χ4v) is 2.86. The second kappa shape index (κ2) is 8.09. The summed E-state index contributed by atoms with van der Waals surface area (Å²) in [5, 5.41) is 13.9. The molecule has 1 N–H and O–H groups in total. The molecule has 3 aromatic rings. The van der Waals surface area contributed by atoms with Gasteiger partial charge in [-0.15, -0.1) is 0 Å². The molecule has 0 saturated carbocycles. The first kappa shape index (κ1) is 17.4. The van der Waals surface area contributed by atoms with E-state index in [2.05, 4.69) is 41.0 Å². The van der Waals surface area contributed by atoms with Gasteiger partial charge in [0.1, 0.15) is 6.26 Å². The van der Waals surface area contributed by atoms with Crippen LogP contribution in [0.4, 0.5) is 0 Å². The lowest BCUT2D eigenvalue weighted by molar-refractivity contribution is 0.0756. The zero-order valence-corrected chi connectivity index (χ0v) is 14.5. The number of furan rings is 1. The molecule has 132 valence electrons. The molecule has 6 nitrogen and oxygen atoms in total. The summed E-state index contributed by atoms with van der Waals surface area (Å²) in [4.78, 5) is 6.63. The second-order valence-corrected chi connectivity index (χ2v) is 6.41. The maximum atomic E-state index is 9.86. The molecule has 0 aliphatic carbocycles. The predicted octanol–water partition coefficient (Wildman–Crippen LogP) is 3.35. The van der Waals surface area contributed by atoms with Crippen LogP contribution in [0.15, 0.2) is 57.9 Å². The summed E-state index contributed by atoms with van der Waals surface area (Å²) in [6, 6.07) is 12.0. The third kappa shape index (κ3) is 4.35. The molecule has 1 unspecified atom stereocenters. The molecule has 0 aliphatic heterocycles. The molecule has 0 spiro atoms. The molecule has 25 heavy (non-hydrogen) atoms. The largest absolute Gasteiger partial charge is 0.472 e. The van der Waals surface area contributed by atoms with Gasteiger partial charge in [-0.25, -0.2) is 0 Å². The van der Waals surface area contributed by atoms with Gasteiger partial charge < -0.3 is 14.0 Å². The number of rotatable bonds is 8. The Kier molecular flexibility index (Phi) is 5.63. The van der Waals surface area contributed by atoms with E-state index in [9.17, 15) is 5.11 Å². The molecule has 0 bridgehead atoms. The Bertz CT molecular complexity index is 753. The lowest BCUT2D eigenvalue weighted by Crippen LogP contribution is -2.41. The first-order chi connectivity index (χ1) is 12.2. The van der Waals surface area contributed by atoms with Crippen molar-refractivity contribution in [2.24, 2.45) is 5.92 Å². The second-order valence-electron chi connectivity index (χ2n) is 6.41. The highest BCUT2D eigenvalue weighted by molar-refractivity contribution is 5.49. The van der Waals surface area contributed by atoms with Crippen molar-refractivity contribution in [1.29, 1.82) is 0 Å². The van der Waals surface area contributed by atoms with E-state index in [1.807, 2.05) is 18.2 Å². The minimum Gasteiger partial charge on any atom is -0.472 e. The number of hydrogen-bond acceptors (Lipinski definition) is 6. The minimum atomic E-state index is 0.0103. The van der Waals surface area contributed by atoms with E-state index in [0.29, 0.717) is 30.7 Å². The van der Waals surface area contributed by atoms with E-state index in [4.69, 9.17) is 8.94 Å². The minimum absolute atomic E-state index is 0.0103. The molecule has 6 heteroatoms. The molecular formula is C19H23N3O3. The van der Waals surface area contributed by atoms with Gasteiger partial charge >= 0.3 is 0 Å². The molecule has 1 aromatic carbocycles. The zero-order valence-electron chi connectivity index (χ0n) is 14.5. The van der Waals surface area contributed by atoms with E-state index in [1.165, 1.54) is 5.56 Å². The normalized spacial score (nSPS) is 12.8. The van der Waals surface area contributed by atoms with Gasteiger partial charge in [-0.1, -0.05) is 49.3 Å². The molecular weight excluding hydrogens is 318 g/mol. The molecule has 0 aliphatic rings. The Balaban J connectivity index is 1.79. The summed E-state index contributed by atoms with van der Waals surface area (Å²) in [7, 11) is 0. The molecule has 0 radical (unpaired) electrons. The van der Waals surface area contributed by atoms with Gasteiger partial charge in [0.25, 0.3) is 5.89 Å². The van der Waals surface area contributed by atoms with Gasteiger partial charge in [-0.2, -0.15) is 4.98 Å². The van der Waals surface area contributed by atoms with Crippen molar-refractivity contribution in [3.05, 3.63) is 60.3 Å². The summed E-state index contributed by atoms with van der Waals surface area (Å²) >= 11 is 0. The van der Waals surface area contributed by atoms with Gasteiger partial charge in [0.05, 0.1) is 25.0 Å². The lowest BCUT2D eigenvalue weighted by Gasteiger charge is -2.32. The van der Waals surface area contributed by atoms with Gasteiger partial charge in [0, 0.05) is 12.6 Å². The van der Waals surface area contributed by atoms with Crippen LogP contribution in [-0.4, -0.2) is 32.8 Å². The zero-order chi connectivity index (χ0) is 17.6. The highest BCUT2D eigenvalue weighted by Crippen LogP contribution is 2.20. The smallest absolute Gasteiger partial charge is 0.261 e. The van der Waals surface area contributed by atoms with Gasteiger partial charge in [0.2, 0.25) is 0 Å². The number of nitrogens with zero attached hydrogens (tertiary/aromatic N) is 3. The number of aliphatic hydroxyl groups is 1. The number of aliphatic hydroxyl groups excluding tert-OH is 1. The van der Waals surface area contributed by atoms with Gasteiger partial charge in [-0.05, 0) is 17.5 Å². The maximum Gasteiger partial charge on any atom is 0.261 e. The van der Waals surface area contributed by atoms with Crippen LogP contribution in [-0.2, 0) is 13.1 Å². The standard InChI is InChI=1S/C19H23N3O3/c1-14(2)17(12-23)22(10-15-6-4-3-5-7-15)11-18-20-19(25-21-18)16-8-9-24-13-16/h3-9,13-14,17,23H,10-12H2,1-2H3. The highest BCUT2D eigenvalue weighted by Gasteiger charge is 2.23. The van der Waals surface area contributed by atoms with Crippen LogP contribution in [0.25, 0.3) is 11.5 Å². The van der Waals surface area contributed by atoms with Crippen molar-refractivity contribution in [1.82, 2.24) is 15.0 Å². The van der Waals surface area contributed by atoms with Crippen LogP contribution in [0.2, 0.25) is 0 Å². The average Bonchev–Trinajstić information content (AvgIpc) is 3.27. The summed E-state index contributed by atoms with van der Waals surface area (Å²) in [6.07, 6.45) is 3.14. The molecule has 3 rings (SSSR count). The monoisotopic (exact) mass is 341 g/mol. The molecule has 0 saturated heterocycles. The molecule has 1 atom stereocenters. The Morgan fingerprint density at radius 1 is 1.12 bits per heavy atom. The predicted molar refractivity (Wildman–Crippen MR) is 93.4 cm³/mol. The third-order valence-electron chi connectivity index (χ3n) is 4.23. The van der Waals surface area contributed by atoms with Crippen LogP contribution < -0.4 is 0 Å². The van der Waals surface area contributed by atoms with E-state index in [-0.39, 0.29) is 12.6 Å². The number of hydrogen-bond donors (Lipinski definition) is 1. The lowest BCUT2D eigenvalue weighted by atomic mass is 10.0. The average molecular weight is 341 g/mol. The molecule has 0 amide bonds. The molecule has 0 fully saturated rings. The quantitative estimate of drug-likeness (QED) is 0.677. The first-order valence-corrected chi connectivity index (χ1v) is 8.41. The van der Waals surface area contributed by atoms with E-state index < -0.39 is 0 Å². The number of aromatic nitrogens is 2. The van der Waals surface area contributed by atoms with E-state index in [0.717, 1.165) is 5.56 Å². The summed E-state index contributed by atoms with van der Waals surface area (Å²) < 4.78 is 10.4. The van der Waals surface area contributed by atoms with E-state index in [1.54, 1.807) is 18.6 Å². The van der Waals surface area contributed by atoms with Crippen molar-refractivity contribution in [3.63, 3.8) is 0 Å². The van der Waals surface area contributed by atoms with Crippen LogP contribution in [0.1, 0.15) is 25.2 Å². The van der Waals surface area contributed by atoms with Gasteiger partial charge in [-0.3, -0.25) is 4.90 Å². The van der Waals surface area contributed by atoms with Crippen molar-refractivity contribution < 1.29 is 14.0 Å². The van der Waals surface area contributed by atoms with E-state index >= 15 is 0 Å². The summed E-state index contributed by atoms with van der Waals surface area (Å²) in [5.74, 6) is 1.33. The van der Waals surface area contributed by atoms with Gasteiger partial charge in [0.15, 0.2) is 5.82 Å². The van der Waals surface area contributed by atoms with Crippen molar-refractivity contribution >= 4 is 0 Å². The topological polar surface area (TPSA) is 75.5 Å². The first-order valence-electron chi connectivity index (χ1n) is 8.41. The number of benzene rings is 1. The highest BCUT2D eigenvalue weighted by atomic mass is 16.5. The Labute approximate surface area is 147 Å². The van der Waals surface area contributed by atoms with Crippen LogP contribution in [0, 0.1) is 5.92 Å². The van der Waals surface area contributed by atoms with Crippen molar-refractivity contribution in [3.8, 4) is 11.5 Å². The SMILES string of the molecule is CC(C)C(CO)N(Cc1ccccc1)Cc1noc(-c2ccoc2)n1. The fraction of sp³-hybridized carbons (Fsp3) is 0.368. The Morgan fingerprint density at radius 3 is 2.56 bits per heavy atom. The fourth-order valence-electron chi connectivity index (χ4n) is 2.86. The van der Waals surface area contributed by atoms with Crippen LogP contribution in [0.3, 0.4) is 0 Å². The maximum absolute atomic E-state index is 9.86. The van der Waals surface area contributed by atoms with Crippen molar-refractivity contribution in [2.45, 2.75) is 33.0 Å². The Morgan fingerprint density at radius 2 is 1.92 bits per heavy atom. The summed E-state index contributed by atoms with van der Waals surface area (Å²) in [6.45, 7) is 5.49. The third-order valence-corrected chi connectivity index (χ3v) is 4.23. The van der Waals surface area contributed by atoms with Crippen LogP contribution >= 0.6 is 0 Å². The Hall–Kier alpha value is -2.44. The van der Waals surface area contributed by atoms with Crippen molar-refractivity contribution in [2.75, 3.05) is 6.61 Å². The molecule has 2 aromatic heterocycles.